The minimum absolute atomic E-state index is 0. The molecule has 0 aliphatic heterocycles. The van der Waals surface area contributed by atoms with Crippen molar-refractivity contribution < 1.29 is 0 Å². The fourth-order valence-electron chi connectivity index (χ4n) is 1.89. The Bertz CT molecular complexity index is 570. The van der Waals surface area contributed by atoms with Gasteiger partial charge in [-0.25, -0.2) is 9.98 Å². The van der Waals surface area contributed by atoms with Crippen molar-refractivity contribution in [2.75, 3.05) is 13.1 Å². The van der Waals surface area contributed by atoms with Gasteiger partial charge >= 0.3 is 0 Å². The molecule has 2 aromatic rings. The number of aryl methyl sites for hydroxylation is 1. The molecule has 0 fully saturated rings. The summed E-state index contributed by atoms with van der Waals surface area (Å²) in [6, 6.07) is 5.63. The van der Waals surface area contributed by atoms with Crippen LogP contribution in [0.1, 0.15) is 18.9 Å². The number of nitrogens with zero attached hydrogens (tertiary/aromatic N) is 4. The number of hydrogen-bond acceptors (Lipinski definition) is 3. The van der Waals surface area contributed by atoms with Gasteiger partial charge in [0.25, 0.3) is 0 Å². The smallest absolute Gasteiger partial charge is 0.191 e. The largest absolute Gasteiger partial charge is 0.357 e. The Balaban J connectivity index is 0.00000264. The molecule has 0 amide bonds. The van der Waals surface area contributed by atoms with E-state index in [2.05, 4.69) is 25.7 Å². The third-order valence-electron chi connectivity index (χ3n) is 2.97. The second-order valence-corrected chi connectivity index (χ2v) is 5.12. The molecule has 2 rings (SSSR count). The van der Waals surface area contributed by atoms with Crippen LogP contribution in [0.5, 0.6) is 0 Å². The molecule has 2 heterocycles. The molecule has 0 atom stereocenters. The van der Waals surface area contributed by atoms with Crippen LogP contribution >= 0.6 is 35.6 Å². The Labute approximate surface area is 158 Å². The van der Waals surface area contributed by atoms with E-state index in [0.717, 1.165) is 37.6 Å². The molecule has 8 heteroatoms. The van der Waals surface area contributed by atoms with Crippen LogP contribution in [0.2, 0.25) is 5.15 Å². The molecule has 0 radical (unpaired) electrons. The van der Waals surface area contributed by atoms with E-state index in [-0.39, 0.29) is 24.0 Å². The first kappa shape index (κ1) is 19.7. The Morgan fingerprint density at radius 1 is 1.35 bits per heavy atom. The summed E-state index contributed by atoms with van der Waals surface area (Å²) in [7, 11) is 0. The first-order valence-corrected chi connectivity index (χ1v) is 7.76. The van der Waals surface area contributed by atoms with Crippen molar-refractivity contribution in [3.05, 3.63) is 47.5 Å². The molecule has 0 unspecified atom stereocenters. The van der Waals surface area contributed by atoms with Gasteiger partial charge in [0.05, 0.1) is 6.54 Å². The van der Waals surface area contributed by atoms with Crippen molar-refractivity contribution in [3.8, 4) is 0 Å². The van der Waals surface area contributed by atoms with E-state index in [0.29, 0.717) is 11.7 Å². The average Bonchev–Trinajstić information content (AvgIpc) is 3.04. The number of rotatable bonds is 7. The number of hydrogen-bond donors (Lipinski definition) is 2. The van der Waals surface area contributed by atoms with Crippen LogP contribution in [-0.2, 0) is 13.1 Å². The molecular formula is C15H22ClIN6. The van der Waals surface area contributed by atoms with Gasteiger partial charge < -0.3 is 10.6 Å². The third kappa shape index (κ3) is 7.65. The highest BCUT2D eigenvalue weighted by atomic mass is 127. The van der Waals surface area contributed by atoms with E-state index in [9.17, 15) is 0 Å². The van der Waals surface area contributed by atoms with Crippen molar-refractivity contribution in [1.82, 2.24) is 25.4 Å². The van der Waals surface area contributed by atoms with Gasteiger partial charge in [0.1, 0.15) is 5.15 Å². The van der Waals surface area contributed by atoms with E-state index < -0.39 is 0 Å². The Hall–Kier alpha value is -1.35. The maximum absolute atomic E-state index is 5.77. The summed E-state index contributed by atoms with van der Waals surface area (Å²) >= 11 is 5.77. The number of aliphatic imine (C=N–C) groups is 1. The van der Waals surface area contributed by atoms with E-state index in [1.54, 1.807) is 18.5 Å². The number of nitrogens with one attached hydrogen (secondary N) is 2. The molecule has 6 nitrogen and oxygen atoms in total. The highest BCUT2D eigenvalue weighted by Crippen LogP contribution is 2.05. The molecule has 126 valence electrons. The Morgan fingerprint density at radius 3 is 2.87 bits per heavy atom. The van der Waals surface area contributed by atoms with Crippen LogP contribution in [0.25, 0.3) is 0 Å². The van der Waals surface area contributed by atoms with Crippen LogP contribution < -0.4 is 10.6 Å². The van der Waals surface area contributed by atoms with Gasteiger partial charge in [-0.1, -0.05) is 17.7 Å². The van der Waals surface area contributed by atoms with Gasteiger partial charge in [-0.05, 0) is 31.0 Å². The fraction of sp³-hybridized carbons (Fsp3) is 0.400. The Kier molecular flexibility index (Phi) is 9.61. The zero-order valence-corrected chi connectivity index (χ0v) is 16.2. The van der Waals surface area contributed by atoms with Crippen molar-refractivity contribution in [1.29, 1.82) is 0 Å². The van der Waals surface area contributed by atoms with E-state index in [1.807, 2.05) is 29.9 Å². The molecule has 0 aromatic carbocycles. The molecule has 0 saturated heterocycles. The van der Waals surface area contributed by atoms with Gasteiger partial charge in [-0.3, -0.25) is 4.68 Å². The molecule has 0 saturated carbocycles. The highest BCUT2D eigenvalue weighted by Gasteiger charge is 1.98. The summed E-state index contributed by atoms with van der Waals surface area (Å²) in [6.07, 6.45) is 6.48. The zero-order valence-electron chi connectivity index (χ0n) is 13.1. The summed E-state index contributed by atoms with van der Waals surface area (Å²) in [5.41, 5.74) is 1.03. The SMILES string of the molecule is CCNC(=NCc1ccc(Cl)nc1)NCCCn1cccn1.I. The van der Waals surface area contributed by atoms with Gasteiger partial charge in [0, 0.05) is 38.2 Å². The van der Waals surface area contributed by atoms with Crippen LogP contribution in [0.15, 0.2) is 41.8 Å². The molecule has 2 N–H and O–H groups in total. The summed E-state index contributed by atoms with van der Waals surface area (Å²) in [5.74, 6) is 0.804. The van der Waals surface area contributed by atoms with E-state index >= 15 is 0 Å². The first-order chi connectivity index (χ1) is 10.8. The monoisotopic (exact) mass is 448 g/mol. The van der Waals surface area contributed by atoms with E-state index in [4.69, 9.17) is 11.6 Å². The third-order valence-corrected chi connectivity index (χ3v) is 3.19. The summed E-state index contributed by atoms with van der Waals surface area (Å²) in [4.78, 5) is 8.59. The lowest BCUT2D eigenvalue weighted by Gasteiger charge is -2.11. The van der Waals surface area contributed by atoms with Gasteiger partial charge in [0.15, 0.2) is 5.96 Å². The molecule has 0 bridgehead atoms. The van der Waals surface area contributed by atoms with Crippen LogP contribution in [0.4, 0.5) is 0 Å². The normalized spacial score (nSPS) is 11.0. The first-order valence-electron chi connectivity index (χ1n) is 7.38. The quantitative estimate of drug-likeness (QED) is 0.225. The zero-order chi connectivity index (χ0) is 15.6. The topological polar surface area (TPSA) is 67.1 Å². The summed E-state index contributed by atoms with van der Waals surface area (Å²) in [6.45, 7) is 5.17. The highest BCUT2D eigenvalue weighted by molar-refractivity contribution is 14.0. The van der Waals surface area contributed by atoms with Crippen molar-refractivity contribution in [2.45, 2.75) is 26.4 Å². The molecular weight excluding hydrogens is 427 g/mol. The van der Waals surface area contributed by atoms with Crippen molar-refractivity contribution >= 4 is 41.5 Å². The second kappa shape index (κ2) is 11.2. The molecule has 0 spiro atoms. The lowest BCUT2D eigenvalue weighted by Crippen LogP contribution is -2.38. The number of halogens is 2. The predicted molar refractivity (Wildman–Crippen MR) is 104 cm³/mol. The maximum Gasteiger partial charge on any atom is 0.191 e. The molecule has 23 heavy (non-hydrogen) atoms. The minimum atomic E-state index is 0. The molecule has 2 aromatic heterocycles. The van der Waals surface area contributed by atoms with E-state index in [1.165, 1.54) is 0 Å². The number of pyridine rings is 1. The standard InChI is InChI=1S/C15H21ClN6.HI/c1-2-17-15(18-7-3-9-22-10-4-8-21-22)20-12-13-5-6-14(16)19-11-13;/h4-6,8,10-11H,2-3,7,9,12H2,1H3,(H2,17,18,20);1H. The summed E-state index contributed by atoms with van der Waals surface area (Å²) in [5, 5.41) is 11.2. The number of guanidine groups is 1. The lowest BCUT2D eigenvalue weighted by molar-refractivity contribution is 0.570. The Morgan fingerprint density at radius 2 is 2.22 bits per heavy atom. The summed E-state index contributed by atoms with van der Waals surface area (Å²) < 4.78 is 1.92. The molecule has 0 aliphatic rings. The minimum Gasteiger partial charge on any atom is -0.357 e. The average molecular weight is 449 g/mol. The number of aromatic nitrogens is 3. The van der Waals surface area contributed by atoms with Crippen molar-refractivity contribution in [2.24, 2.45) is 4.99 Å². The van der Waals surface area contributed by atoms with Gasteiger partial charge in [-0.15, -0.1) is 24.0 Å². The predicted octanol–water partition coefficient (Wildman–Crippen LogP) is 2.69. The van der Waals surface area contributed by atoms with Crippen LogP contribution in [-0.4, -0.2) is 33.8 Å². The fourth-order valence-corrected chi connectivity index (χ4v) is 2.00. The second-order valence-electron chi connectivity index (χ2n) is 4.73. The van der Waals surface area contributed by atoms with Crippen molar-refractivity contribution in [3.63, 3.8) is 0 Å². The van der Waals surface area contributed by atoms with Gasteiger partial charge in [-0.2, -0.15) is 5.10 Å². The molecule has 0 aliphatic carbocycles. The maximum atomic E-state index is 5.77. The van der Waals surface area contributed by atoms with Crippen LogP contribution in [0.3, 0.4) is 0 Å². The lowest BCUT2D eigenvalue weighted by atomic mass is 10.3. The van der Waals surface area contributed by atoms with Crippen LogP contribution in [0, 0.1) is 0 Å². The van der Waals surface area contributed by atoms with Gasteiger partial charge in [0.2, 0.25) is 0 Å².